The normalized spacial score (nSPS) is 11.1. The van der Waals surface area contributed by atoms with Crippen molar-refractivity contribution in [3.63, 3.8) is 0 Å². The van der Waals surface area contributed by atoms with Crippen molar-refractivity contribution < 1.29 is 0 Å². The van der Waals surface area contributed by atoms with Crippen LogP contribution in [0.4, 0.5) is 0 Å². The third-order valence-corrected chi connectivity index (χ3v) is 7.78. The maximum Gasteiger partial charge on any atom is 0.0348 e. The highest BCUT2D eigenvalue weighted by molar-refractivity contribution is 8.04. The summed E-state index contributed by atoms with van der Waals surface area (Å²) in [6.07, 6.45) is 4.36. The lowest BCUT2D eigenvalue weighted by Crippen LogP contribution is -1.87. The van der Waals surface area contributed by atoms with Gasteiger partial charge in [-0.25, -0.2) is 0 Å². The molecule has 0 aliphatic rings. The second-order valence-electron chi connectivity index (χ2n) is 3.56. The first-order valence-corrected chi connectivity index (χ1v) is 11.1. The van der Waals surface area contributed by atoms with Crippen molar-refractivity contribution in [1.82, 2.24) is 0 Å². The van der Waals surface area contributed by atoms with E-state index in [0.717, 1.165) is 0 Å². The van der Waals surface area contributed by atoms with E-state index in [-0.39, 0.29) is 0 Å². The summed E-state index contributed by atoms with van der Waals surface area (Å²) < 4.78 is 0. The fourth-order valence-electron chi connectivity index (χ4n) is 1.43. The predicted molar refractivity (Wildman–Crippen MR) is 92.0 cm³/mol. The van der Waals surface area contributed by atoms with Gasteiger partial charge in [0.2, 0.25) is 0 Å². The molecule has 0 aliphatic carbocycles. The fraction of sp³-hybridized carbons (Fsp3) is 0.667. The van der Waals surface area contributed by atoms with E-state index < -0.39 is 0 Å². The Morgan fingerprint density at radius 2 is 1.18 bits per heavy atom. The second-order valence-corrected chi connectivity index (χ2v) is 9.17. The van der Waals surface area contributed by atoms with Crippen LogP contribution < -0.4 is 0 Å². The summed E-state index contributed by atoms with van der Waals surface area (Å²) in [6.45, 7) is 4.52. The molecule has 1 rings (SSSR count). The average Bonchev–Trinajstić information content (AvgIpc) is 2.56. The third kappa shape index (κ3) is 5.31. The van der Waals surface area contributed by atoms with Gasteiger partial charge in [0.25, 0.3) is 0 Å². The van der Waals surface area contributed by atoms with Crippen LogP contribution in [0, 0.1) is 13.8 Å². The van der Waals surface area contributed by atoms with Gasteiger partial charge < -0.3 is 0 Å². The molecule has 17 heavy (non-hydrogen) atoms. The van der Waals surface area contributed by atoms with Gasteiger partial charge >= 0.3 is 0 Å². The predicted octanol–water partition coefficient (Wildman–Crippen LogP) is 5.28. The molecule has 0 saturated heterocycles. The van der Waals surface area contributed by atoms with Crippen LogP contribution in [0.1, 0.15) is 9.75 Å². The van der Waals surface area contributed by atoms with Crippen LogP contribution in [-0.2, 0) is 0 Å². The monoisotopic (exact) mass is 324 g/mol. The standard InChI is InChI=1S/C12H20S5/c1-9-11(15-7-5-13-3)12(10(2)17-9)16-8-6-14-4/h5-8H2,1-4H3. The lowest BCUT2D eigenvalue weighted by molar-refractivity contribution is 1.22. The van der Waals surface area contributed by atoms with Crippen molar-refractivity contribution in [3.8, 4) is 0 Å². The molecule has 0 nitrogen and oxygen atoms in total. The lowest BCUT2D eigenvalue weighted by Gasteiger charge is -2.05. The molecule has 0 atom stereocenters. The molecule has 0 spiro atoms. The molecular formula is C12H20S5. The van der Waals surface area contributed by atoms with Gasteiger partial charge in [0.1, 0.15) is 0 Å². The Morgan fingerprint density at radius 1 is 0.765 bits per heavy atom. The maximum atomic E-state index is 2.26. The molecule has 0 amide bonds. The zero-order chi connectivity index (χ0) is 12.7. The molecule has 0 aliphatic heterocycles. The fourth-order valence-corrected chi connectivity index (χ4v) is 6.75. The van der Waals surface area contributed by atoms with Crippen molar-refractivity contribution in [2.24, 2.45) is 0 Å². The molecule has 0 N–H and O–H groups in total. The summed E-state index contributed by atoms with van der Waals surface area (Å²) in [5.41, 5.74) is 0. The van der Waals surface area contributed by atoms with Crippen LogP contribution in [0.25, 0.3) is 0 Å². The maximum absolute atomic E-state index is 2.26. The van der Waals surface area contributed by atoms with E-state index in [4.69, 9.17) is 0 Å². The summed E-state index contributed by atoms with van der Waals surface area (Å²) >= 11 is 9.90. The molecule has 0 fully saturated rings. The number of hydrogen-bond donors (Lipinski definition) is 0. The van der Waals surface area contributed by atoms with Crippen molar-refractivity contribution in [2.45, 2.75) is 23.6 Å². The van der Waals surface area contributed by atoms with E-state index in [9.17, 15) is 0 Å². The average molecular weight is 325 g/mol. The Balaban J connectivity index is 2.65. The lowest BCUT2D eigenvalue weighted by atomic mass is 10.4. The van der Waals surface area contributed by atoms with E-state index in [2.05, 4.69) is 26.4 Å². The van der Waals surface area contributed by atoms with Crippen LogP contribution >= 0.6 is 58.4 Å². The molecule has 1 aromatic rings. The zero-order valence-electron chi connectivity index (χ0n) is 10.9. The van der Waals surface area contributed by atoms with Gasteiger partial charge in [-0.1, -0.05) is 0 Å². The van der Waals surface area contributed by atoms with Crippen molar-refractivity contribution in [2.75, 3.05) is 35.5 Å². The first kappa shape index (κ1) is 16.2. The molecule has 0 saturated carbocycles. The molecule has 1 aromatic heterocycles. The molecule has 5 heteroatoms. The number of thioether (sulfide) groups is 4. The minimum Gasteiger partial charge on any atom is -0.165 e. The quantitative estimate of drug-likeness (QED) is 0.471. The number of aryl methyl sites for hydroxylation is 2. The van der Waals surface area contributed by atoms with E-state index in [1.807, 2.05) is 58.4 Å². The van der Waals surface area contributed by atoms with Crippen molar-refractivity contribution in [3.05, 3.63) is 9.75 Å². The Bertz CT molecular complexity index is 301. The number of rotatable bonds is 8. The summed E-state index contributed by atoms with van der Waals surface area (Å²) in [7, 11) is 0. The molecule has 0 radical (unpaired) electrons. The van der Waals surface area contributed by atoms with Crippen LogP contribution in [0.5, 0.6) is 0 Å². The van der Waals surface area contributed by atoms with Crippen molar-refractivity contribution >= 4 is 58.4 Å². The highest BCUT2D eigenvalue weighted by atomic mass is 32.2. The van der Waals surface area contributed by atoms with Gasteiger partial charge in [-0.15, -0.1) is 34.9 Å². The summed E-state index contributed by atoms with van der Waals surface area (Å²) in [6, 6.07) is 0. The van der Waals surface area contributed by atoms with E-state index in [1.165, 1.54) is 32.8 Å². The smallest absolute Gasteiger partial charge is 0.0348 e. The Morgan fingerprint density at radius 3 is 1.53 bits per heavy atom. The van der Waals surface area contributed by atoms with E-state index in [1.54, 1.807) is 9.79 Å². The van der Waals surface area contributed by atoms with Gasteiger partial charge in [0, 0.05) is 42.6 Å². The third-order valence-electron chi connectivity index (χ3n) is 2.22. The topological polar surface area (TPSA) is 0 Å². The van der Waals surface area contributed by atoms with Gasteiger partial charge in [0.05, 0.1) is 0 Å². The minimum absolute atomic E-state index is 1.23. The highest BCUT2D eigenvalue weighted by Crippen LogP contribution is 2.41. The first-order valence-electron chi connectivity index (χ1n) is 5.54. The van der Waals surface area contributed by atoms with Crippen LogP contribution in [0.15, 0.2) is 9.79 Å². The van der Waals surface area contributed by atoms with Crippen molar-refractivity contribution in [1.29, 1.82) is 0 Å². The number of thiophene rings is 1. The second kappa shape index (κ2) is 9.08. The van der Waals surface area contributed by atoms with Crippen LogP contribution in [0.2, 0.25) is 0 Å². The first-order chi connectivity index (χ1) is 8.20. The largest absolute Gasteiger partial charge is 0.165 e. The van der Waals surface area contributed by atoms with Gasteiger partial charge in [0.15, 0.2) is 0 Å². The van der Waals surface area contributed by atoms with Crippen LogP contribution in [-0.4, -0.2) is 35.5 Å². The summed E-state index contributed by atoms with van der Waals surface area (Å²) in [5, 5.41) is 0. The molecule has 0 unspecified atom stereocenters. The molecule has 0 aromatic carbocycles. The van der Waals surface area contributed by atoms with E-state index >= 15 is 0 Å². The summed E-state index contributed by atoms with van der Waals surface area (Å²) in [4.78, 5) is 6.10. The van der Waals surface area contributed by atoms with Gasteiger partial charge in [-0.05, 0) is 26.4 Å². The molecule has 1 heterocycles. The molecular weight excluding hydrogens is 304 g/mol. The highest BCUT2D eigenvalue weighted by Gasteiger charge is 2.13. The number of hydrogen-bond acceptors (Lipinski definition) is 5. The van der Waals surface area contributed by atoms with Gasteiger partial charge in [-0.3, -0.25) is 0 Å². The Labute approximate surface area is 126 Å². The molecule has 98 valence electrons. The van der Waals surface area contributed by atoms with Gasteiger partial charge in [-0.2, -0.15) is 23.5 Å². The SMILES string of the molecule is CSCCSc1c(C)sc(C)c1SCCSC. The molecule has 0 bridgehead atoms. The zero-order valence-corrected chi connectivity index (χ0v) is 15.0. The Kier molecular flexibility index (Phi) is 8.62. The Hall–Kier alpha value is 1.10. The summed E-state index contributed by atoms with van der Waals surface area (Å²) in [5.74, 6) is 4.95. The van der Waals surface area contributed by atoms with E-state index in [0.29, 0.717) is 0 Å². The van der Waals surface area contributed by atoms with Crippen LogP contribution in [0.3, 0.4) is 0 Å². The minimum atomic E-state index is 1.23.